The second kappa shape index (κ2) is 4.14. The molecule has 0 saturated carbocycles. The lowest BCUT2D eigenvalue weighted by molar-refractivity contribution is 0.0601. The average Bonchev–Trinajstić information content (AvgIpc) is 2.17. The van der Waals surface area contributed by atoms with E-state index in [4.69, 9.17) is 11.6 Å². The molecule has 0 aliphatic rings. The van der Waals surface area contributed by atoms with Gasteiger partial charge in [0.1, 0.15) is 0 Å². The van der Waals surface area contributed by atoms with E-state index in [0.717, 1.165) is 0 Å². The van der Waals surface area contributed by atoms with E-state index >= 15 is 0 Å². The molecule has 13 heavy (non-hydrogen) atoms. The minimum Gasteiger partial charge on any atom is -0.465 e. The number of benzene rings is 1. The van der Waals surface area contributed by atoms with Gasteiger partial charge in [-0.25, -0.2) is 4.79 Å². The van der Waals surface area contributed by atoms with Crippen molar-refractivity contribution < 1.29 is 9.53 Å². The summed E-state index contributed by atoms with van der Waals surface area (Å²) in [6, 6.07) is 5.15. The Labute approximate surface area is 81.7 Å². The number of anilines is 1. The standard InChI is InChI=1S/C9H10ClNO2/c1-11-7-5-3-4-6(8(7)10)9(12)13-2/h3-5,11H,1-2H3. The van der Waals surface area contributed by atoms with Crippen molar-refractivity contribution in [2.45, 2.75) is 0 Å². The maximum absolute atomic E-state index is 11.2. The van der Waals surface area contributed by atoms with Gasteiger partial charge < -0.3 is 10.1 Å². The van der Waals surface area contributed by atoms with E-state index in [1.807, 2.05) is 0 Å². The second-order valence-corrected chi connectivity index (χ2v) is 2.79. The van der Waals surface area contributed by atoms with E-state index in [-0.39, 0.29) is 0 Å². The lowest BCUT2D eigenvalue weighted by Gasteiger charge is -2.06. The normalized spacial score (nSPS) is 9.46. The van der Waals surface area contributed by atoms with Gasteiger partial charge in [-0.15, -0.1) is 0 Å². The van der Waals surface area contributed by atoms with Crippen LogP contribution < -0.4 is 5.32 Å². The summed E-state index contributed by atoms with van der Waals surface area (Å²) in [5.74, 6) is -0.429. The SMILES string of the molecule is CNc1cccc(C(=O)OC)c1Cl. The predicted octanol–water partition coefficient (Wildman–Crippen LogP) is 2.17. The number of hydrogen-bond donors (Lipinski definition) is 1. The molecule has 0 heterocycles. The first-order valence-corrected chi connectivity index (χ1v) is 4.13. The summed E-state index contributed by atoms with van der Waals surface area (Å²) in [7, 11) is 3.06. The van der Waals surface area contributed by atoms with Crippen LogP contribution in [0.15, 0.2) is 18.2 Å². The van der Waals surface area contributed by atoms with Gasteiger partial charge in [0.25, 0.3) is 0 Å². The van der Waals surface area contributed by atoms with Crippen molar-refractivity contribution in [2.24, 2.45) is 0 Å². The van der Waals surface area contributed by atoms with Crippen molar-refractivity contribution in [2.75, 3.05) is 19.5 Å². The Morgan fingerprint density at radius 3 is 2.77 bits per heavy atom. The van der Waals surface area contributed by atoms with Crippen LogP contribution in [0, 0.1) is 0 Å². The molecule has 0 aliphatic carbocycles. The number of carbonyl (C=O) groups excluding carboxylic acids is 1. The summed E-state index contributed by atoms with van der Waals surface area (Å²) in [6.07, 6.45) is 0. The van der Waals surface area contributed by atoms with E-state index in [0.29, 0.717) is 16.3 Å². The predicted molar refractivity (Wildman–Crippen MR) is 52.3 cm³/mol. The number of hydrogen-bond acceptors (Lipinski definition) is 3. The van der Waals surface area contributed by atoms with Crippen LogP contribution in [0.5, 0.6) is 0 Å². The van der Waals surface area contributed by atoms with Crippen LogP contribution >= 0.6 is 11.6 Å². The number of methoxy groups -OCH3 is 1. The molecule has 0 bridgehead atoms. The van der Waals surface area contributed by atoms with E-state index in [1.54, 1.807) is 25.2 Å². The highest BCUT2D eigenvalue weighted by Gasteiger charge is 2.12. The Kier molecular flexibility index (Phi) is 3.14. The second-order valence-electron chi connectivity index (χ2n) is 2.41. The molecule has 0 saturated heterocycles. The molecule has 0 fully saturated rings. The summed E-state index contributed by atoms with van der Waals surface area (Å²) < 4.78 is 4.57. The molecule has 1 N–H and O–H groups in total. The maximum Gasteiger partial charge on any atom is 0.339 e. The lowest BCUT2D eigenvalue weighted by atomic mass is 10.2. The van der Waals surface area contributed by atoms with Crippen LogP contribution in [0.4, 0.5) is 5.69 Å². The molecule has 1 rings (SSSR count). The molecule has 1 aromatic rings. The molecule has 0 atom stereocenters. The summed E-state index contributed by atoms with van der Waals surface area (Å²) in [5, 5.41) is 3.26. The minimum absolute atomic E-state index is 0.371. The van der Waals surface area contributed by atoms with Crippen LogP contribution in [-0.4, -0.2) is 20.1 Å². The van der Waals surface area contributed by atoms with Gasteiger partial charge in [0.2, 0.25) is 0 Å². The van der Waals surface area contributed by atoms with Crippen LogP contribution in [0.25, 0.3) is 0 Å². The molecular weight excluding hydrogens is 190 g/mol. The van der Waals surface area contributed by atoms with Gasteiger partial charge in [0.05, 0.1) is 23.4 Å². The number of halogens is 1. The van der Waals surface area contributed by atoms with Gasteiger partial charge >= 0.3 is 5.97 Å². The summed E-state index contributed by atoms with van der Waals surface area (Å²) in [6.45, 7) is 0. The van der Waals surface area contributed by atoms with Gasteiger partial charge in [-0.1, -0.05) is 17.7 Å². The van der Waals surface area contributed by atoms with Gasteiger partial charge in [0, 0.05) is 7.05 Å². The molecule has 0 radical (unpaired) electrons. The Balaban J connectivity index is 3.15. The molecule has 0 spiro atoms. The Morgan fingerprint density at radius 2 is 2.23 bits per heavy atom. The fourth-order valence-electron chi connectivity index (χ4n) is 0.993. The summed E-state index contributed by atoms with van der Waals surface area (Å²) in [4.78, 5) is 11.2. The highest BCUT2D eigenvalue weighted by atomic mass is 35.5. The third-order valence-electron chi connectivity index (χ3n) is 1.67. The maximum atomic E-state index is 11.2. The molecule has 3 nitrogen and oxygen atoms in total. The van der Waals surface area contributed by atoms with Crippen molar-refractivity contribution >= 4 is 23.3 Å². The van der Waals surface area contributed by atoms with Gasteiger partial charge in [-0.2, -0.15) is 0 Å². The fraction of sp³-hybridized carbons (Fsp3) is 0.222. The molecule has 0 amide bonds. The molecule has 70 valence electrons. The third kappa shape index (κ3) is 1.92. The van der Waals surface area contributed by atoms with E-state index < -0.39 is 5.97 Å². The molecule has 0 aliphatic heterocycles. The summed E-state index contributed by atoms with van der Waals surface area (Å²) >= 11 is 5.92. The number of carbonyl (C=O) groups is 1. The highest BCUT2D eigenvalue weighted by molar-refractivity contribution is 6.36. The zero-order valence-corrected chi connectivity index (χ0v) is 8.18. The van der Waals surface area contributed by atoms with Crippen molar-refractivity contribution in [3.8, 4) is 0 Å². The average molecular weight is 200 g/mol. The Morgan fingerprint density at radius 1 is 1.54 bits per heavy atom. The van der Waals surface area contributed by atoms with Crippen molar-refractivity contribution in [3.05, 3.63) is 28.8 Å². The molecule has 4 heteroatoms. The van der Waals surface area contributed by atoms with Crippen molar-refractivity contribution in [3.63, 3.8) is 0 Å². The first-order chi connectivity index (χ1) is 6.20. The number of esters is 1. The van der Waals surface area contributed by atoms with Gasteiger partial charge in [-0.05, 0) is 12.1 Å². The topological polar surface area (TPSA) is 38.3 Å². The van der Waals surface area contributed by atoms with Gasteiger partial charge in [0.15, 0.2) is 0 Å². The largest absolute Gasteiger partial charge is 0.465 e. The number of rotatable bonds is 2. The van der Waals surface area contributed by atoms with Crippen LogP contribution in [0.3, 0.4) is 0 Å². The zero-order valence-electron chi connectivity index (χ0n) is 7.43. The zero-order chi connectivity index (χ0) is 9.84. The fourth-order valence-corrected chi connectivity index (χ4v) is 1.29. The number of ether oxygens (including phenoxy) is 1. The van der Waals surface area contributed by atoms with Crippen molar-refractivity contribution in [1.29, 1.82) is 0 Å². The third-order valence-corrected chi connectivity index (χ3v) is 2.08. The van der Waals surface area contributed by atoms with Crippen molar-refractivity contribution in [1.82, 2.24) is 0 Å². The first kappa shape index (κ1) is 9.86. The molecule has 0 aromatic heterocycles. The highest BCUT2D eigenvalue weighted by Crippen LogP contribution is 2.25. The molecule has 0 unspecified atom stereocenters. The Hall–Kier alpha value is -1.22. The summed E-state index contributed by atoms with van der Waals surface area (Å²) in [5.41, 5.74) is 1.08. The van der Waals surface area contributed by atoms with E-state index in [1.165, 1.54) is 7.11 Å². The Bertz CT molecular complexity index is 325. The quantitative estimate of drug-likeness (QED) is 0.742. The molecule has 1 aromatic carbocycles. The minimum atomic E-state index is -0.429. The molecular formula is C9H10ClNO2. The van der Waals surface area contributed by atoms with E-state index in [9.17, 15) is 4.79 Å². The first-order valence-electron chi connectivity index (χ1n) is 3.75. The van der Waals surface area contributed by atoms with Crippen LogP contribution in [0.2, 0.25) is 5.02 Å². The number of nitrogens with one attached hydrogen (secondary N) is 1. The van der Waals surface area contributed by atoms with E-state index in [2.05, 4.69) is 10.1 Å². The van der Waals surface area contributed by atoms with Crippen LogP contribution in [-0.2, 0) is 4.74 Å². The van der Waals surface area contributed by atoms with Gasteiger partial charge in [-0.3, -0.25) is 0 Å². The monoisotopic (exact) mass is 199 g/mol. The lowest BCUT2D eigenvalue weighted by Crippen LogP contribution is -2.03. The smallest absolute Gasteiger partial charge is 0.339 e. The van der Waals surface area contributed by atoms with Crippen LogP contribution in [0.1, 0.15) is 10.4 Å².